The Bertz CT molecular complexity index is 229. The van der Waals surface area contributed by atoms with E-state index in [0.717, 1.165) is 12.8 Å². The summed E-state index contributed by atoms with van der Waals surface area (Å²) in [5.74, 6) is -0.0877. The normalized spacial score (nSPS) is 19.8. The molecule has 1 aliphatic heterocycles. The van der Waals surface area contributed by atoms with E-state index in [0.29, 0.717) is 26.3 Å². The Morgan fingerprint density at radius 1 is 1.47 bits per heavy atom. The molecule has 3 N–H and O–H groups in total. The van der Waals surface area contributed by atoms with Gasteiger partial charge in [0.15, 0.2) is 0 Å². The second-order valence-corrected chi connectivity index (χ2v) is 5.19. The lowest BCUT2D eigenvalue weighted by Gasteiger charge is -2.21. The summed E-state index contributed by atoms with van der Waals surface area (Å²) < 4.78 is 16.9. The summed E-state index contributed by atoms with van der Waals surface area (Å²) >= 11 is 0. The predicted octanol–water partition coefficient (Wildman–Crippen LogP) is -1.01. The minimum atomic E-state index is -1.07. The summed E-state index contributed by atoms with van der Waals surface area (Å²) in [5, 5.41) is 2.73. The molecule has 1 saturated heterocycles. The third-order valence-electron chi connectivity index (χ3n) is 2.28. The number of hydrogen-bond acceptors (Lipinski definition) is 4. The van der Waals surface area contributed by atoms with E-state index in [4.69, 9.17) is 10.5 Å². The molecule has 0 aromatic rings. The maximum Gasteiger partial charge on any atom is 0.232 e. The quantitative estimate of drug-likeness (QED) is 0.638. The molecule has 0 spiro atoms. The predicted molar refractivity (Wildman–Crippen MR) is 58.9 cm³/mol. The van der Waals surface area contributed by atoms with E-state index >= 15 is 0 Å². The van der Waals surface area contributed by atoms with Crippen molar-refractivity contribution in [3.63, 3.8) is 0 Å². The molecule has 1 unspecified atom stereocenters. The van der Waals surface area contributed by atoms with Crippen LogP contribution < -0.4 is 11.1 Å². The first kappa shape index (κ1) is 12.6. The van der Waals surface area contributed by atoms with Crippen LogP contribution in [0.2, 0.25) is 0 Å². The van der Waals surface area contributed by atoms with Gasteiger partial charge in [0.05, 0.1) is 0 Å². The third-order valence-corrected chi connectivity index (χ3v) is 4.04. The lowest BCUT2D eigenvalue weighted by atomic mass is 10.2. The fraction of sp³-hybridized carbons (Fsp3) is 0.889. The number of amides is 1. The van der Waals surface area contributed by atoms with Gasteiger partial charge in [-0.3, -0.25) is 9.00 Å². The lowest BCUT2D eigenvalue weighted by molar-refractivity contribution is -0.118. The van der Waals surface area contributed by atoms with E-state index < -0.39 is 10.8 Å². The SMILES string of the molecule is NCCNC(=O)CS(=O)C1CCOCC1. The third kappa shape index (κ3) is 4.72. The highest BCUT2D eigenvalue weighted by Gasteiger charge is 2.21. The Hall–Kier alpha value is -0.460. The van der Waals surface area contributed by atoms with Gasteiger partial charge in [-0.15, -0.1) is 0 Å². The smallest absolute Gasteiger partial charge is 0.232 e. The molecule has 1 rings (SSSR count). The molecule has 15 heavy (non-hydrogen) atoms. The molecule has 0 aromatic heterocycles. The highest BCUT2D eigenvalue weighted by molar-refractivity contribution is 7.86. The largest absolute Gasteiger partial charge is 0.381 e. The van der Waals surface area contributed by atoms with Gasteiger partial charge in [-0.2, -0.15) is 0 Å². The average molecular weight is 234 g/mol. The summed E-state index contributed by atoms with van der Waals surface area (Å²) in [6.45, 7) is 2.17. The van der Waals surface area contributed by atoms with E-state index in [1.54, 1.807) is 0 Å². The Morgan fingerprint density at radius 3 is 2.73 bits per heavy atom. The zero-order valence-electron chi connectivity index (χ0n) is 8.74. The summed E-state index contributed by atoms with van der Waals surface area (Å²) in [7, 11) is -1.07. The number of rotatable bonds is 5. The molecule has 1 fully saturated rings. The van der Waals surface area contributed by atoms with E-state index in [2.05, 4.69) is 5.32 Å². The van der Waals surface area contributed by atoms with Crippen LogP contribution in [-0.4, -0.2) is 47.4 Å². The topological polar surface area (TPSA) is 81.4 Å². The maximum absolute atomic E-state index is 11.7. The average Bonchev–Trinajstić information content (AvgIpc) is 2.27. The Labute approximate surface area is 92.2 Å². The zero-order chi connectivity index (χ0) is 11.1. The Morgan fingerprint density at radius 2 is 2.13 bits per heavy atom. The van der Waals surface area contributed by atoms with Crippen molar-refractivity contribution in [1.82, 2.24) is 5.32 Å². The van der Waals surface area contributed by atoms with Crippen molar-refractivity contribution in [2.45, 2.75) is 18.1 Å². The molecule has 0 radical (unpaired) electrons. The molecular formula is C9H18N2O3S. The van der Waals surface area contributed by atoms with Crippen molar-refractivity contribution >= 4 is 16.7 Å². The monoisotopic (exact) mass is 234 g/mol. The maximum atomic E-state index is 11.7. The number of nitrogens with two attached hydrogens (primary N) is 1. The minimum absolute atomic E-state index is 0.0880. The molecule has 0 aromatic carbocycles. The Kier molecular flexibility index (Phi) is 5.82. The van der Waals surface area contributed by atoms with E-state index in [9.17, 15) is 9.00 Å². The van der Waals surface area contributed by atoms with Crippen molar-refractivity contribution in [3.05, 3.63) is 0 Å². The lowest BCUT2D eigenvalue weighted by Crippen LogP contribution is -2.36. The van der Waals surface area contributed by atoms with E-state index in [1.807, 2.05) is 0 Å². The van der Waals surface area contributed by atoms with Gasteiger partial charge in [0.25, 0.3) is 0 Å². The molecule has 1 atom stereocenters. The van der Waals surface area contributed by atoms with Crippen LogP contribution in [0.3, 0.4) is 0 Å². The van der Waals surface area contributed by atoms with Gasteiger partial charge in [0.1, 0.15) is 5.75 Å². The number of hydrogen-bond donors (Lipinski definition) is 2. The standard InChI is InChI=1S/C9H18N2O3S/c10-3-4-11-9(12)7-15(13)8-1-5-14-6-2-8/h8H,1-7,10H2,(H,11,12). The summed E-state index contributed by atoms with van der Waals surface area (Å²) in [6.07, 6.45) is 1.58. The van der Waals surface area contributed by atoms with Crippen molar-refractivity contribution in [2.75, 3.05) is 32.1 Å². The van der Waals surface area contributed by atoms with Crippen molar-refractivity contribution in [2.24, 2.45) is 5.73 Å². The summed E-state index contributed by atoms with van der Waals surface area (Å²) in [6, 6.07) is 0. The number of carbonyl (C=O) groups excluding carboxylic acids is 1. The molecule has 0 saturated carbocycles. The van der Waals surface area contributed by atoms with Gasteiger partial charge < -0.3 is 15.8 Å². The van der Waals surface area contributed by atoms with Crippen LogP contribution in [0.15, 0.2) is 0 Å². The first-order chi connectivity index (χ1) is 7.24. The van der Waals surface area contributed by atoms with Crippen LogP contribution in [0.25, 0.3) is 0 Å². The van der Waals surface area contributed by atoms with E-state index in [-0.39, 0.29) is 16.9 Å². The fourth-order valence-corrected chi connectivity index (χ4v) is 2.76. The summed E-state index contributed by atoms with van der Waals surface area (Å²) in [5.41, 5.74) is 5.24. The molecule has 6 heteroatoms. The van der Waals surface area contributed by atoms with Gasteiger partial charge in [0.2, 0.25) is 5.91 Å². The molecule has 88 valence electrons. The van der Waals surface area contributed by atoms with Gasteiger partial charge >= 0.3 is 0 Å². The van der Waals surface area contributed by atoms with Crippen LogP contribution in [0, 0.1) is 0 Å². The van der Waals surface area contributed by atoms with Gasteiger partial charge in [0, 0.05) is 42.4 Å². The molecule has 1 aliphatic rings. The molecule has 1 amide bonds. The van der Waals surface area contributed by atoms with Crippen LogP contribution in [0.5, 0.6) is 0 Å². The minimum Gasteiger partial charge on any atom is -0.381 e. The highest BCUT2D eigenvalue weighted by atomic mass is 32.2. The Balaban J connectivity index is 2.24. The van der Waals surface area contributed by atoms with Crippen LogP contribution in [0.1, 0.15) is 12.8 Å². The second kappa shape index (κ2) is 6.92. The van der Waals surface area contributed by atoms with Crippen molar-refractivity contribution < 1.29 is 13.7 Å². The fourth-order valence-electron chi connectivity index (χ4n) is 1.45. The molecule has 0 aliphatic carbocycles. The number of ether oxygens (including phenoxy) is 1. The molecule has 1 heterocycles. The second-order valence-electron chi connectivity index (χ2n) is 3.48. The van der Waals surface area contributed by atoms with Crippen LogP contribution in [0.4, 0.5) is 0 Å². The number of nitrogens with one attached hydrogen (secondary N) is 1. The van der Waals surface area contributed by atoms with Crippen molar-refractivity contribution in [1.29, 1.82) is 0 Å². The van der Waals surface area contributed by atoms with Gasteiger partial charge in [-0.1, -0.05) is 0 Å². The molecule has 0 bridgehead atoms. The molecule has 5 nitrogen and oxygen atoms in total. The first-order valence-corrected chi connectivity index (χ1v) is 6.54. The highest BCUT2D eigenvalue weighted by Crippen LogP contribution is 2.13. The van der Waals surface area contributed by atoms with Crippen LogP contribution in [-0.2, 0) is 20.3 Å². The zero-order valence-corrected chi connectivity index (χ0v) is 9.55. The number of carbonyl (C=O) groups is 1. The molecular weight excluding hydrogens is 216 g/mol. The van der Waals surface area contributed by atoms with Gasteiger partial charge in [-0.05, 0) is 12.8 Å². The summed E-state index contributed by atoms with van der Waals surface area (Å²) in [4.78, 5) is 11.3. The van der Waals surface area contributed by atoms with E-state index in [1.165, 1.54) is 0 Å². The van der Waals surface area contributed by atoms with Crippen molar-refractivity contribution in [3.8, 4) is 0 Å². The van der Waals surface area contributed by atoms with Gasteiger partial charge in [-0.25, -0.2) is 0 Å². The first-order valence-electron chi connectivity index (χ1n) is 5.15. The van der Waals surface area contributed by atoms with Crippen LogP contribution >= 0.6 is 0 Å².